The Morgan fingerprint density at radius 3 is 2.00 bits per heavy atom. The number of hydrogen-bond donors (Lipinski definition) is 1. The van der Waals surface area contributed by atoms with Crippen LogP contribution in [0.5, 0.6) is 0 Å². The smallest absolute Gasteiger partial charge is 0.0465 e. The second kappa shape index (κ2) is 10.1. The second-order valence-corrected chi connectivity index (χ2v) is 13.7. The van der Waals surface area contributed by atoms with Crippen molar-refractivity contribution in [2.24, 2.45) is 0 Å². The first-order chi connectivity index (χ1) is 22.8. The standard InChI is InChI=1S/C44H29NS/c1-3-13-32-27(9-1)11-7-16-34(32)29-20-22-43-39(24-29)40-26-31(35-17-8-12-28-10-2-4-14-33(28)35)25-37(44(40)46-43)30-19-21-42-38(23-30)36-15-5-6-18-41(36)45-42/h1-26,39,43,45H. The predicted octanol–water partition coefficient (Wildman–Crippen LogP) is 12.2. The van der Waals surface area contributed by atoms with Crippen LogP contribution in [0.25, 0.3) is 71.2 Å². The van der Waals surface area contributed by atoms with E-state index in [1.165, 1.54) is 87.2 Å². The van der Waals surface area contributed by atoms with Crippen molar-refractivity contribution in [3.8, 4) is 22.3 Å². The first kappa shape index (κ1) is 26.0. The van der Waals surface area contributed by atoms with Crippen LogP contribution in [0.15, 0.2) is 163 Å². The van der Waals surface area contributed by atoms with Gasteiger partial charge in [-0.05, 0) is 90.8 Å². The summed E-state index contributed by atoms with van der Waals surface area (Å²) in [5.74, 6) is 0.296. The van der Waals surface area contributed by atoms with E-state index in [1.54, 1.807) is 0 Å². The third-order valence-corrected chi connectivity index (χ3v) is 11.3. The highest BCUT2D eigenvalue weighted by atomic mass is 32.2. The molecule has 8 aromatic rings. The quantitative estimate of drug-likeness (QED) is 0.212. The molecule has 1 aromatic heterocycles. The Labute approximate surface area is 271 Å². The summed E-state index contributed by atoms with van der Waals surface area (Å²) < 4.78 is 0. The zero-order valence-electron chi connectivity index (χ0n) is 25.1. The maximum absolute atomic E-state index is 3.62. The van der Waals surface area contributed by atoms with Crippen LogP contribution in [0.2, 0.25) is 0 Å². The van der Waals surface area contributed by atoms with E-state index in [0.717, 1.165) is 0 Å². The van der Waals surface area contributed by atoms with E-state index in [2.05, 4.69) is 163 Å². The lowest BCUT2D eigenvalue weighted by Crippen LogP contribution is -2.09. The normalized spacial score (nSPS) is 17.1. The minimum absolute atomic E-state index is 0.296. The summed E-state index contributed by atoms with van der Waals surface area (Å²) in [6.45, 7) is 0. The number of allylic oxidation sites excluding steroid dienone is 3. The molecule has 2 aliphatic rings. The highest BCUT2D eigenvalue weighted by Crippen LogP contribution is 2.55. The van der Waals surface area contributed by atoms with Gasteiger partial charge in [0, 0.05) is 37.9 Å². The predicted molar refractivity (Wildman–Crippen MR) is 198 cm³/mol. The molecule has 216 valence electrons. The monoisotopic (exact) mass is 603 g/mol. The van der Waals surface area contributed by atoms with Crippen LogP contribution in [0.1, 0.15) is 17.0 Å². The summed E-state index contributed by atoms with van der Waals surface area (Å²) in [7, 11) is 0. The van der Waals surface area contributed by atoms with Crippen molar-refractivity contribution >= 4 is 60.7 Å². The number of H-pyrrole nitrogens is 1. The van der Waals surface area contributed by atoms with E-state index < -0.39 is 0 Å². The Morgan fingerprint density at radius 1 is 0.500 bits per heavy atom. The molecule has 0 saturated carbocycles. The first-order valence-corrected chi connectivity index (χ1v) is 16.9. The molecule has 2 atom stereocenters. The van der Waals surface area contributed by atoms with E-state index in [1.807, 2.05) is 11.8 Å². The molecule has 0 bridgehead atoms. The summed E-state index contributed by atoms with van der Waals surface area (Å²) in [6, 6.07) is 51.4. The van der Waals surface area contributed by atoms with Gasteiger partial charge < -0.3 is 4.98 Å². The minimum Gasteiger partial charge on any atom is -0.355 e. The zero-order valence-corrected chi connectivity index (χ0v) is 25.9. The molecule has 2 unspecified atom stereocenters. The summed E-state index contributed by atoms with van der Waals surface area (Å²) in [4.78, 5) is 5.02. The van der Waals surface area contributed by atoms with Gasteiger partial charge in [0.2, 0.25) is 0 Å². The number of benzene rings is 7. The molecule has 10 rings (SSSR count). The van der Waals surface area contributed by atoms with Crippen molar-refractivity contribution in [3.63, 3.8) is 0 Å². The number of nitrogens with one attached hydrogen (secondary N) is 1. The Hall–Kier alpha value is -5.31. The van der Waals surface area contributed by atoms with Crippen LogP contribution in [0, 0.1) is 0 Å². The van der Waals surface area contributed by atoms with Crippen LogP contribution in [-0.2, 0) is 0 Å². The van der Waals surface area contributed by atoms with Crippen molar-refractivity contribution in [3.05, 3.63) is 169 Å². The van der Waals surface area contributed by atoms with Crippen LogP contribution in [0.4, 0.5) is 0 Å². The molecule has 7 aromatic carbocycles. The third kappa shape index (κ3) is 3.97. The fourth-order valence-electron chi connectivity index (χ4n) is 7.73. The summed E-state index contributed by atoms with van der Waals surface area (Å²) in [5, 5.41) is 8.07. The minimum atomic E-state index is 0.296. The molecular formula is C44H29NS. The van der Waals surface area contributed by atoms with Gasteiger partial charge in [0.15, 0.2) is 0 Å². The van der Waals surface area contributed by atoms with E-state index in [0.29, 0.717) is 11.2 Å². The number of para-hydroxylation sites is 1. The molecule has 1 aliphatic carbocycles. The van der Waals surface area contributed by atoms with Gasteiger partial charge in [-0.3, -0.25) is 0 Å². The highest BCUT2D eigenvalue weighted by Gasteiger charge is 2.35. The van der Waals surface area contributed by atoms with Crippen molar-refractivity contribution in [1.82, 2.24) is 4.98 Å². The Kier molecular flexibility index (Phi) is 5.70. The maximum atomic E-state index is 3.62. The second-order valence-electron chi connectivity index (χ2n) is 12.5. The molecule has 46 heavy (non-hydrogen) atoms. The Balaban J connectivity index is 1.20. The summed E-state index contributed by atoms with van der Waals surface area (Å²) in [5.41, 5.74) is 11.6. The van der Waals surface area contributed by atoms with E-state index in [-0.39, 0.29) is 0 Å². The largest absolute Gasteiger partial charge is 0.355 e. The van der Waals surface area contributed by atoms with Crippen LogP contribution in [-0.4, -0.2) is 10.2 Å². The highest BCUT2D eigenvalue weighted by molar-refractivity contribution is 8.00. The fourth-order valence-corrected chi connectivity index (χ4v) is 9.16. The van der Waals surface area contributed by atoms with E-state index in [4.69, 9.17) is 0 Å². The topological polar surface area (TPSA) is 15.8 Å². The molecular weight excluding hydrogens is 575 g/mol. The number of aromatic nitrogens is 1. The lowest BCUT2D eigenvalue weighted by Gasteiger charge is -2.20. The number of fused-ring (bicyclic) bond motifs is 8. The molecule has 0 saturated heterocycles. The van der Waals surface area contributed by atoms with Crippen molar-refractivity contribution in [1.29, 1.82) is 0 Å². The molecule has 1 aliphatic heterocycles. The molecule has 2 heterocycles. The summed E-state index contributed by atoms with van der Waals surface area (Å²) in [6.07, 6.45) is 7.33. The van der Waals surface area contributed by atoms with Crippen LogP contribution in [0.3, 0.4) is 0 Å². The first-order valence-electron chi connectivity index (χ1n) is 16.0. The number of rotatable bonds is 3. The lowest BCUT2D eigenvalue weighted by atomic mass is 9.83. The van der Waals surface area contributed by atoms with Crippen molar-refractivity contribution in [2.75, 3.05) is 0 Å². The molecule has 0 spiro atoms. The van der Waals surface area contributed by atoms with E-state index in [9.17, 15) is 0 Å². The van der Waals surface area contributed by atoms with Gasteiger partial charge >= 0.3 is 0 Å². The fraction of sp³-hybridized carbons (Fsp3) is 0.0455. The molecule has 0 fully saturated rings. The SMILES string of the molecule is C1=CC2Sc3c(-c4ccc5[nH]c6ccccc6c5c4)cc(-c4cccc5ccccc45)cc3C2C=C1c1cccc2ccccc12. The molecule has 0 radical (unpaired) electrons. The van der Waals surface area contributed by atoms with Gasteiger partial charge in [-0.1, -0.05) is 127 Å². The van der Waals surface area contributed by atoms with Crippen LogP contribution < -0.4 is 0 Å². The number of hydrogen-bond acceptors (Lipinski definition) is 1. The third-order valence-electron chi connectivity index (χ3n) is 9.93. The molecule has 1 N–H and O–H groups in total. The van der Waals surface area contributed by atoms with Gasteiger partial charge in [0.25, 0.3) is 0 Å². The van der Waals surface area contributed by atoms with Gasteiger partial charge in [-0.15, -0.1) is 11.8 Å². The summed E-state index contributed by atoms with van der Waals surface area (Å²) >= 11 is 2.02. The van der Waals surface area contributed by atoms with Gasteiger partial charge in [-0.2, -0.15) is 0 Å². The number of aromatic amines is 1. The maximum Gasteiger partial charge on any atom is 0.0465 e. The lowest BCUT2D eigenvalue weighted by molar-refractivity contribution is 0.885. The van der Waals surface area contributed by atoms with Crippen molar-refractivity contribution < 1.29 is 0 Å². The van der Waals surface area contributed by atoms with Gasteiger partial charge in [0.05, 0.1) is 0 Å². The molecule has 1 nitrogen and oxygen atoms in total. The Bertz CT molecular complexity index is 2570. The van der Waals surface area contributed by atoms with Crippen LogP contribution >= 0.6 is 11.8 Å². The van der Waals surface area contributed by atoms with E-state index >= 15 is 0 Å². The van der Waals surface area contributed by atoms with Crippen molar-refractivity contribution in [2.45, 2.75) is 16.1 Å². The van der Waals surface area contributed by atoms with Gasteiger partial charge in [0.1, 0.15) is 0 Å². The average Bonchev–Trinajstić information content (AvgIpc) is 3.68. The Morgan fingerprint density at radius 2 is 1.17 bits per heavy atom. The molecule has 2 heteroatoms. The zero-order chi connectivity index (χ0) is 30.2. The molecule has 0 amide bonds. The average molecular weight is 604 g/mol. The van der Waals surface area contributed by atoms with Gasteiger partial charge in [-0.25, -0.2) is 0 Å². The number of thioether (sulfide) groups is 1.